The van der Waals surface area contributed by atoms with Crippen molar-refractivity contribution in [1.29, 1.82) is 0 Å². The van der Waals surface area contributed by atoms with E-state index in [0.29, 0.717) is 6.54 Å². The second-order valence-electron chi connectivity index (χ2n) is 4.66. The molecule has 18 heavy (non-hydrogen) atoms. The number of aryl methyl sites for hydroxylation is 1. The van der Waals surface area contributed by atoms with Gasteiger partial charge in [-0.15, -0.1) is 0 Å². The van der Waals surface area contributed by atoms with Crippen LogP contribution < -0.4 is 5.56 Å². The third-order valence-electron chi connectivity index (χ3n) is 3.30. The highest BCUT2D eigenvalue weighted by atomic mass is 16.4. The summed E-state index contributed by atoms with van der Waals surface area (Å²) in [4.78, 5) is 24.8. The van der Waals surface area contributed by atoms with Gasteiger partial charge in [-0.25, -0.2) is 4.79 Å². The second kappa shape index (κ2) is 5.82. The minimum absolute atomic E-state index is 0.138. The summed E-state index contributed by atoms with van der Waals surface area (Å²) in [5, 5.41) is 8.87. The van der Waals surface area contributed by atoms with E-state index in [1.807, 2.05) is 0 Å². The van der Waals surface area contributed by atoms with Crippen molar-refractivity contribution in [2.75, 3.05) is 19.6 Å². The van der Waals surface area contributed by atoms with Crippen LogP contribution in [0.1, 0.15) is 29.6 Å². The molecular formula is C13H18N2O3. The Morgan fingerprint density at radius 2 is 1.94 bits per heavy atom. The lowest BCUT2D eigenvalue weighted by atomic mass is 10.3. The van der Waals surface area contributed by atoms with E-state index in [0.717, 1.165) is 26.1 Å². The van der Waals surface area contributed by atoms with E-state index in [1.54, 1.807) is 0 Å². The molecule has 0 bridgehead atoms. The Morgan fingerprint density at radius 1 is 1.22 bits per heavy atom. The molecule has 2 rings (SSSR count). The van der Waals surface area contributed by atoms with Gasteiger partial charge >= 0.3 is 5.97 Å². The Morgan fingerprint density at radius 3 is 2.61 bits per heavy atom. The second-order valence-corrected chi connectivity index (χ2v) is 4.66. The summed E-state index contributed by atoms with van der Waals surface area (Å²) in [6, 6.07) is 2.67. The zero-order chi connectivity index (χ0) is 13.0. The number of aromatic nitrogens is 1. The Bertz CT molecular complexity index is 475. The van der Waals surface area contributed by atoms with Crippen LogP contribution in [0, 0.1) is 0 Å². The van der Waals surface area contributed by atoms with Crippen LogP contribution in [0.3, 0.4) is 0 Å². The number of carboxylic acid groups (broad SMARTS) is 1. The van der Waals surface area contributed by atoms with Crippen molar-refractivity contribution in [3.05, 3.63) is 34.2 Å². The van der Waals surface area contributed by atoms with E-state index in [-0.39, 0.29) is 11.1 Å². The van der Waals surface area contributed by atoms with Crippen molar-refractivity contribution in [3.63, 3.8) is 0 Å². The lowest BCUT2D eigenvalue weighted by molar-refractivity contribution is 0.0695. The summed E-state index contributed by atoms with van der Waals surface area (Å²) in [6.45, 7) is 3.84. The zero-order valence-electron chi connectivity index (χ0n) is 10.3. The molecule has 1 aliphatic heterocycles. The average Bonchev–Trinajstić information content (AvgIpc) is 2.84. The normalized spacial score (nSPS) is 16.0. The molecule has 0 amide bonds. The van der Waals surface area contributed by atoms with E-state index in [9.17, 15) is 9.59 Å². The maximum absolute atomic E-state index is 11.6. The van der Waals surface area contributed by atoms with Gasteiger partial charge in [0.25, 0.3) is 5.56 Å². The molecule has 5 heteroatoms. The smallest absolute Gasteiger partial charge is 0.337 e. The highest BCUT2D eigenvalue weighted by Gasteiger charge is 2.11. The third kappa shape index (κ3) is 3.20. The number of nitrogens with zero attached hydrogens (tertiary/aromatic N) is 2. The summed E-state index contributed by atoms with van der Waals surface area (Å²) < 4.78 is 1.49. The van der Waals surface area contributed by atoms with Crippen LogP contribution in [0.5, 0.6) is 0 Å². The van der Waals surface area contributed by atoms with Crippen LogP contribution in [0.2, 0.25) is 0 Å². The van der Waals surface area contributed by atoms with Crippen molar-refractivity contribution >= 4 is 5.97 Å². The minimum Gasteiger partial charge on any atom is -0.478 e. The average molecular weight is 250 g/mol. The summed E-state index contributed by atoms with van der Waals surface area (Å²) >= 11 is 0. The first-order valence-corrected chi connectivity index (χ1v) is 6.33. The first kappa shape index (κ1) is 12.8. The van der Waals surface area contributed by atoms with E-state index in [1.165, 1.54) is 35.7 Å². The molecule has 0 atom stereocenters. The van der Waals surface area contributed by atoms with Gasteiger partial charge in [-0.3, -0.25) is 4.79 Å². The molecule has 0 spiro atoms. The minimum atomic E-state index is -0.997. The lowest BCUT2D eigenvalue weighted by Crippen LogP contribution is -2.25. The summed E-state index contributed by atoms with van der Waals surface area (Å²) in [6.07, 6.45) is 4.82. The summed E-state index contributed by atoms with van der Waals surface area (Å²) in [5.41, 5.74) is 0.0252. The Balaban J connectivity index is 1.93. The molecule has 0 saturated carbocycles. The number of aromatic carboxylic acids is 1. The van der Waals surface area contributed by atoms with E-state index in [4.69, 9.17) is 5.11 Å². The molecular weight excluding hydrogens is 232 g/mol. The number of carbonyl (C=O) groups is 1. The molecule has 1 aromatic heterocycles. The van der Waals surface area contributed by atoms with Crippen molar-refractivity contribution in [2.45, 2.75) is 25.8 Å². The van der Waals surface area contributed by atoms with Crippen LogP contribution in [-0.2, 0) is 6.54 Å². The van der Waals surface area contributed by atoms with Gasteiger partial charge in [-0.05, 0) is 45.0 Å². The Kier molecular flexibility index (Phi) is 4.15. The molecule has 0 unspecified atom stereocenters. The Hall–Kier alpha value is -1.62. The van der Waals surface area contributed by atoms with Crippen molar-refractivity contribution in [1.82, 2.24) is 9.47 Å². The quantitative estimate of drug-likeness (QED) is 0.848. The molecule has 2 heterocycles. The van der Waals surface area contributed by atoms with Gasteiger partial charge in [0.2, 0.25) is 0 Å². The standard InChI is InChI=1S/C13H18N2O3/c16-12-5-4-11(13(17)18)10-15(12)9-3-8-14-6-1-2-7-14/h4-5,10H,1-3,6-9H2,(H,17,18). The fraction of sp³-hybridized carbons (Fsp3) is 0.538. The zero-order valence-corrected chi connectivity index (χ0v) is 10.3. The monoisotopic (exact) mass is 250 g/mol. The van der Waals surface area contributed by atoms with Crippen LogP contribution in [0.4, 0.5) is 0 Å². The van der Waals surface area contributed by atoms with E-state index >= 15 is 0 Å². The van der Waals surface area contributed by atoms with Crippen LogP contribution in [-0.4, -0.2) is 40.2 Å². The lowest BCUT2D eigenvalue weighted by Gasteiger charge is -2.14. The molecule has 1 saturated heterocycles. The molecule has 1 N–H and O–H groups in total. The van der Waals surface area contributed by atoms with Crippen molar-refractivity contribution < 1.29 is 9.90 Å². The Labute approximate surface area is 106 Å². The highest BCUT2D eigenvalue weighted by Crippen LogP contribution is 2.07. The number of rotatable bonds is 5. The maximum atomic E-state index is 11.6. The molecule has 5 nitrogen and oxygen atoms in total. The number of hydrogen-bond donors (Lipinski definition) is 1. The molecule has 1 aromatic rings. The van der Waals surface area contributed by atoms with Gasteiger partial charge < -0.3 is 14.6 Å². The molecule has 1 aliphatic rings. The molecule has 1 fully saturated rings. The van der Waals surface area contributed by atoms with E-state index in [2.05, 4.69) is 4.90 Å². The highest BCUT2D eigenvalue weighted by molar-refractivity contribution is 5.87. The SMILES string of the molecule is O=C(O)c1ccc(=O)n(CCCN2CCCC2)c1. The number of carboxylic acids is 1. The molecule has 0 aromatic carbocycles. The van der Waals surface area contributed by atoms with Gasteiger partial charge in [0, 0.05) is 18.8 Å². The number of hydrogen-bond acceptors (Lipinski definition) is 3. The van der Waals surface area contributed by atoms with Gasteiger partial charge in [-0.1, -0.05) is 0 Å². The van der Waals surface area contributed by atoms with Gasteiger partial charge in [0.1, 0.15) is 0 Å². The van der Waals surface area contributed by atoms with Crippen LogP contribution in [0.15, 0.2) is 23.1 Å². The van der Waals surface area contributed by atoms with Gasteiger partial charge in [-0.2, -0.15) is 0 Å². The predicted molar refractivity (Wildman–Crippen MR) is 68.0 cm³/mol. The fourth-order valence-corrected chi connectivity index (χ4v) is 2.30. The molecule has 0 aliphatic carbocycles. The number of pyridine rings is 1. The summed E-state index contributed by atoms with van der Waals surface area (Å²) in [7, 11) is 0. The molecule has 0 radical (unpaired) electrons. The number of likely N-dealkylation sites (tertiary alicyclic amines) is 1. The maximum Gasteiger partial charge on any atom is 0.337 e. The van der Waals surface area contributed by atoms with Crippen LogP contribution >= 0.6 is 0 Å². The van der Waals surface area contributed by atoms with Crippen molar-refractivity contribution in [3.8, 4) is 0 Å². The largest absolute Gasteiger partial charge is 0.478 e. The summed E-state index contributed by atoms with van der Waals surface area (Å²) in [5.74, 6) is -0.997. The van der Waals surface area contributed by atoms with Gasteiger partial charge in [0.05, 0.1) is 5.56 Å². The van der Waals surface area contributed by atoms with E-state index < -0.39 is 5.97 Å². The fourth-order valence-electron chi connectivity index (χ4n) is 2.30. The van der Waals surface area contributed by atoms with Crippen LogP contribution in [0.25, 0.3) is 0 Å². The first-order valence-electron chi connectivity index (χ1n) is 6.33. The topological polar surface area (TPSA) is 62.5 Å². The van der Waals surface area contributed by atoms with Crippen molar-refractivity contribution in [2.24, 2.45) is 0 Å². The predicted octanol–water partition coefficient (Wildman–Crippen LogP) is 1.03. The van der Waals surface area contributed by atoms with Gasteiger partial charge in [0.15, 0.2) is 0 Å². The molecule has 98 valence electrons. The third-order valence-corrected chi connectivity index (χ3v) is 3.30. The first-order chi connectivity index (χ1) is 8.66.